The third kappa shape index (κ3) is 9.48. The summed E-state index contributed by atoms with van der Waals surface area (Å²) in [7, 11) is 0. The van der Waals surface area contributed by atoms with Gasteiger partial charge in [-0.1, -0.05) is 30.8 Å². The van der Waals surface area contributed by atoms with E-state index in [1.807, 2.05) is 0 Å². The smallest absolute Gasteiger partial charge is 0.275 e. The molecule has 14 heteroatoms. The van der Waals surface area contributed by atoms with Crippen molar-refractivity contribution in [1.29, 1.82) is 0 Å². The van der Waals surface area contributed by atoms with Gasteiger partial charge in [-0.05, 0) is 49.4 Å². The van der Waals surface area contributed by atoms with Crippen molar-refractivity contribution >= 4 is 17.5 Å². The van der Waals surface area contributed by atoms with Gasteiger partial charge in [0.1, 0.15) is 5.69 Å². The standard InChI is InChI=1S/C19H21F2N7O3.C6H10F2.C3H6/c1-11-17(27-31-26-11)18(30)23-9-14-10-28-15(25-14)5-12(8-24-28)7-22-16(29)6-13-3-2-4-19(13,20)21;7-6(8)4-2-1-3-5-6;1-2-3-1/h5,8,10,13H,2-4,6-7,9H2,1H3,(H,22,29)(H,23,30);1-5H2;1-3H2. The van der Waals surface area contributed by atoms with Crippen LogP contribution in [-0.4, -0.2) is 48.6 Å². The number of alkyl halides is 4. The van der Waals surface area contributed by atoms with E-state index in [1.54, 1.807) is 25.4 Å². The van der Waals surface area contributed by atoms with Crippen LogP contribution in [0.2, 0.25) is 0 Å². The van der Waals surface area contributed by atoms with Crippen LogP contribution in [0.25, 0.3) is 5.65 Å². The lowest BCUT2D eigenvalue weighted by Gasteiger charge is -2.20. The number of nitrogens with one attached hydrogen (secondary N) is 2. The quantitative estimate of drug-likeness (QED) is 0.343. The molecule has 42 heavy (non-hydrogen) atoms. The molecule has 2 amide bonds. The monoisotopic (exact) mass is 595 g/mol. The molecule has 0 bridgehead atoms. The number of carbonyl (C=O) groups excluding carboxylic acids is 2. The van der Waals surface area contributed by atoms with Crippen LogP contribution >= 0.6 is 0 Å². The minimum atomic E-state index is -2.76. The van der Waals surface area contributed by atoms with E-state index >= 15 is 0 Å². The number of halogens is 4. The molecule has 6 rings (SSSR count). The molecule has 3 aromatic heterocycles. The normalized spacial score (nSPS) is 20.1. The lowest BCUT2D eigenvalue weighted by Crippen LogP contribution is -2.30. The molecule has 2 N–H and O–H groups in total. The van der Waals surface area contributed by atoms with E-state index in [0.717, 1.165) is 6.42 Å². The average molecular weight is 596 g/mol. The maximum atomic E-state index is 13.7. The van der Waals surface area contributed by atoms with Gasteiger partial charge in [-0.2, -0.15) is 5.10 Å². The number of fused-ring (bicyclic) bond motifs is 1. The van der Waals surface area contributed by atoms with Gasteiger partial charge < -0.3 is 10.6 Å². The first-order valence-corrected chi connectivity index (χ1v) is 14.5. The second-order valence-corrected chi connectivity index (χ2v) is 11.1. The van der Waals surface area contributed by atoms with E-state index in [-0.39, 0.29) is 44.5 Å². The molecule has 3 aliphatic carbocycles. The maximum absolute atomic E-state index is 13.7. The van der Waals surface area contributed by atoms with Crippen molar-refractivity contribution < 1.29 is 31.8 Å². The zero-order valence-corrected chi connectivity index (χ0v) is 23.7. The minimum absolute atomic E-state index is 0.107. The van der Waals surface area contributed by atoms with Gasteiger partial charge in [0.05, 0.1) is 24.6 Å². The van der Waals surface area contributed by atoms with Gasteiger partial charge in [-0.15, -0.1) is 0 Å². The zero-order chi connectivity index (χ0) is 30.2. The zero-order valence-electron chi connectivity index (χ0n) is 23.7. The van der Waals surface area contributed by atoms with Gasteiger partial charge in [-0.3, -0.25) is 9.59 Å². The fourth-order valence-corrected chi connectivity index (χ4v) is 4.66. The SMILES string of the molecule is C1CC1.Cc1nonc1C(=O)NCc1cn2ncc(CNC(=O)CC3CCCC3(F)F)cc2n1.FC1(F)CCCCC1. The van der Waals surface area contributed by atoms with E-state index in [1.165, 1.54) is 23.8 Å². The number of hydrogen-bond acceptors (Lipinski definition) is 7. The minimum Gasteiger partial charge on any atom is -0.352 e. The topological polar surface area (TPSA) is 127 Å². The highest BCUT2D eigenvalue weighted by Crippen LogP contribution is 2.42. The highest BCUT2D eigenvalue weighted by molar-refractivity contribution is 5.92. The molecule has 0 saturated heterocycles. The van der Waals surface area contributed by atoms with E-state index in [2.05, 4.69) is 35.7 Å². The first-order chi connectivity index (χ1) is 20.0. The van der Waals surface area contributed by atoms with Crippen molar-refractivity contribution in [2.75, 3.05) is 0 Å². The Morgan fingerprint density at radius 2 is 1.69 bits per heavy atom. The molecule has 3 saturated carbocycles. The second-order valence-electron chi connectivity index (χ2n) is 11.1. The number of nitrogens with zero attached hydrogens (tertiary/aromatic N) is 5. The Bertz CT molecular complexity index is 1330. The Morgan fingerprint density at radius 3 is 2.26 bits per heavy atom. The highest BCUT2D eigenvalue weighted by Gasteiger charge is 2.44. The number of imidazole rings is 1. The van der Waals surface area contributed by atoms with Crippen LogP contribution in [0, 0.1) is 12.8 Å². The number of aromatic nitrogens is 5. The molecule has 0 spiro atoms. The predicted molar refractivity (Wildman–Crippen MR) is 144 cm³/mol. The summed E-state index contributed by atoms with van der Waals surface area (Å²) in [6.07, 6.45) is 10.9. The molecular formula is C28H37F4N7O3. The first kappa shape index (κ1) is 31.4. The van der Waals surface area contributed by atoms with Crippen LogP contribution in [-0.2, 0) is 17.9 Å². The van der Waals surface area contributed by atoms with Gasteiger partial charge in [0, 0.05) is 38.1 Å². The first-order valence-electron chi connectivity index (χ1n) is 14.5. The van der Waals surface area contributed by atoms with Crippen LogP contribution in [0.1, 0.15) is 104 Å². The molecule has 230 valence electrons. The molecular weight excluding hydrogens is 558 g/mol. The number of rotatable bonds is 7. The van der Waals surface area contributed by atoms with Gasteiger partial charge in [0.2, 0.25) is 11.8 Å². The Hall–Kier alpha value is -3.58. The number of amides is 2. The fraction of sp³-hybridized carbons (Fsp3) is 0.643. The van der Waals surface area contributed by atoms with Crippen molar-refractivity contribution in [3.8, 4) is 0 Å². The van der Waals surface area contributed by atoms with E-state index in [0.29, 0.717) is 48.3 Å². The molecule has 3 fully saturated rings. The average Bonchev–Trinajstić information content (AvgIpc) is 3.58. The molecule has 0 radical (unpaired) electrons. The van der Waals surface area contributed by atoms with Crippen LogP contribution in [0.4, 0.5) is 17.6 Å². The molecule has 1 unspecified atom stereocenters. The number of aryl methyl sites for hydroxylation is 1. The summed E-state index contributed by atoms with van der Waals surface area (Å²) in [6.45, 7) is 1.92. The Labute approximate surface area is 241 Å². The Balaban J connectivity index is 0.000000306. The van der Waals surface area contributed by atoms with Crippen LogP contribution in [0.5, 0.6) is 0 Å². The maximum Gasteiger partial charge on any atom is 0.275 e. The van der Waals surface area contributed by atoms with Crippen LogP contribution in [0.3, 0.4) is 0 Å². The van der Waals surface area contributed by atoms with Gasteiger partial charge >= 0.3 is 0 Å². The van der Waals surface area contributed by atoms with Crippen molar-refractivity contribution in [2.24, 2.45) is 5.92 Å². The molecule has 1 atom stereocenters. The fourth-order valence-electron chi connectivity index (χ4n) is 4.66. The lowest BCUT2D eigenvalue weighted by atomic mass is 9.97. The summed E-state index contributed by atoms with van der Waals surface area (Å²) in [5.74, 6) is -6.81. The molecule has 3 aromatic rings. The molecule has 3 heterocycles. The van der Waals surface area contributed by atoms with E-state index in [4.69, 9.17) is 0 Å². The molecule has 3 aliphatic rings. The molecule has 0 aliphatic heterocycles. The van der Waals surface area contributed by atoms with Gasteiger partial charge in [-0.25, -0.2) is 31.7 Å². The highest BCUT2D eigenvalue weighted by atomic mass is 19.3. The Kier molecular flexibility index (Phi) is 10.5. The summed E-state index contributed by atoms with van der Waals surface area (Å²) >= 11 is 0. The van der Waals surface area contributed by atoms with E-state index < -0.39 is 29.6 Å². The Morgan fingerprint density at radius 1 is 0.976 bits per heavy atom. The van der Waals surface area contributed by atoms with Crippen molar-refractivity contribution in [3.63, 3.8) is 0 Å². The number of hydrogen-bond donors (Lipinski definition) is 2. The third-order valence-electron chi connectivity index (χ3n) is 7.24. The van der Waals surface area contributed by atoms with E-state index in [9.17, 15) is 27.2 Å². The largest absolute Gasteiger partial charge is 0.352 e. The summed E-state index contributed by atoms with van der Waals surface area (Å²) in [6, 6.07) is 1.73. The van der Waals surface area contributed by atoms with Crippen molar-refractivity contribution in [1.82, 2.24) is 35.5 Å². The summed E-state index contributed by atoms with van der Waals surface area (Å²) in [5.41, 5.74) is 2.27. The second kappa shape index (κ2) is 14.1. The van der Waals surface area contributed by atoms with Gasteiger partial charge in [0.25, 0.3) is 11.8 Å². The van der Waals surface area contributed by atoms with Gasteiger partial charge in [0.15, 0.2) is 11.3 Å². The van der Waals surface area contributed by atoms with Crippen molar-refractivity contribution in [3.05, 3.63) is 41.1 Å². The number of carbonyl (C=O) groups is 2. The third-order valence-corrected chi connectivity index (χ3v) is 7.24. The van der Waals surface area contributed by atoms with Crippen LogP contribution < -0.4 is 10.6 Å². The van der Waals surface area contributed by atoms with Crippen molar-refractivity contribution in [2.45, 2.75) is 109 Å². The van der Waals surface area contributed by atoms with Crippen LogP contribution in [0.15, 0.2) is 23.1 Å². The summed E-state index contributed by atoms with van der Waals surface area (Å²) in [4.78, 5) is 28.5. The summed E-state index contributed by atoms with van der Waals surface area (Å²) in [5, 5.41) is 16.7. The lowest BCUT2D eigenvalue weighted by molar-refractivity contribution is -0.125. The predicted octanol–water partition coefficient (Wildman–Crippen LogP) is 5.55. The molecule has 0 aromatic carbocycles. The summed E-state index contributed by atoms with van der Waals surface area (Å²) < 4.78 is 57.8. The molecule has 10 nitrogen and oxygen atoms in total.